The molecule has 1 unspecified atom stereocenters. The molecule has 0 spiro atoms. The van der Waals surface area contributed by atoms with Crippen LogP contribution in [0.15, 0.2) is 34.0 Å². The van der Waals surface area contributed by atoms with Crippen LogP contribution in [0.2, 0.25) is 5.02 Å². The van der Waals surface area contributed by atoms with E-state index in [0.29, 0.717) is 12.8 Å². The Kier molecular flexibility index (Phi) is 7.83. The van der Waals surface area contributed by atoms with Crippen LogP contribution in [0.25, 0.3) is 5.69 Å². The summed E-state index contributed by atoms with van der Waals surface area (Å²) < 4.78 is 1.76. The molecule has 0 bridgehead atoms. The summed E-state index contributed by atoms with van der Waals surface area (Å²) in [5.41, 5.74) is 3.28. The number of halogens is 1. The summed E-state index contributed by atoms with van der Waals surface area (Å²) >= 11 is 6.21. The van der Waals surface area contributed by atoms with Crippen molar-refractivity contribution in [2.45, 2.75) is 56.8 Å². The van der Waals surface area contributed by atoms with Crippen LogP contribution in [-0.2, 0) is 6.54 Å². The standard InChI is InChI=1S/C21H28ClN5O5/c22-17-6-5-14(27-20(31)26(12-15(28)10-23)18(29)11-25-27)9-16(17)19(30)24-13-21(32)7-3-1-2-4-8-21/h5-6,9,11,15,28,32H,1-4,7-8,10,12-13,23H2,(H,24,30). The molecule has 1 aromatic heterocycles. The first-order valence-corrected chi connectivity index (χ1v) is 11.0. The molecule has 1 heterocycles. The van der Waals surface area contributed by atoms with Crippen molar-refractivity contribution in [2.75, 3.05) is 13.1 Å². The van der Waals surface area contributed by atoms with Crippen molar-refractivity contribution in [1.82, 2.24) is 19.7 Å². The van der Waals surface area contributed by atoms with E-state index >= 15 is 0 Å². The van der Waals surface area contributed by atoms with Gasteiger partial charge in [0, 0.05) is 13.1 Å². The quantitative estimate of drug-likeness (QED) is 0.425. The van der Waals surface area contributed by atoms with Gasteiger partial charge in [-0.3, -0.25) is 14.2 Å². The van der Waals surface area contributed by atoms with Gasteiger partial charge in [0.1, 0.15) is 6.20 Å². The molecular formula is C21H28ClN5O5. The number of hydrogen-bond acceptors (Lipinski definition) is 7. The number of rotatable bonds is 7. The molecule has 1 amide bonds. The summed E-state index contributed by atoms with van der Waals surface area (Å²) in [5, 5.41) is 27.3. The van der Waals surface area contributed by atoms with E-state index in [1.807, 2.05) is 0 Å². The van der Waals surface area contributed by atoms with Crippen LogP contribution in [0.1, 0.15) is 48.9 Å². The largest absolute Gasteiger partial charge is 0.390 e. The van der Waals surface area contributed by atoms with E-state index in [4.69, 9.17) is 17.3 Å². The van der Waals surface area contributed by atoms with Crippen LogP contribution in [0.3, 0.4) is 0 Å². The number of nitrogens with zero attached hydrogens (tertiary/aromatic N) is 3. The second-order valence-corrected chi connectivity index (χ2v) is 8.57. The van der Waals surface area contributed by atoms with Crippen molar-refractivity contribution in [2.24, 2.45) is 5.73 Å². The normalized spacial score (nSPS) is 16.9. The van der Waals surface area contributed by atoms with Gasteiger partial charge < -0.3 is 21.3 Å². The van der Waals surface area contributed by atoms with Gasteiger partial charge in [-0.1, -0.05) is 37.3 Å². The Morgan fingerprint density at radius 2 is 1.94 bits per heavy atom. The molecule has 5 N–H and O–H groups in total. The Labute approximate surface area is 189 Å². The number of aromatic nitrogens is 3. The molecule has 3 rings (SSSR count). The van der Waals surface area contributed by atoms with E-state index in [0.717, 1.165) is 41.1 Å². The van der Waals surface area contributed by atoms with Gasteiger partial charge >= 0.3 is 5.69 Å². The molecule has 10 nitrogen and oxygen atoms in total. The van der Waals surface area contributed by atoms with Crippen LogP contribution in [-0.4, -0.2) is 55.3 Å². The fraction of sp³-hybridized carbons (Fsp3) is 0.524. The fourth-order valence-electron chi connectivity index (χ4n) is 3.79. The maximum Gasteiger partial charge on any atom is 0.352 e. The van der Waals surface area contributed by atoms with Gasteiger partial charge in [0.05, 0.1) is 34.5 Å². The van der Waals surface area contributed by atoms with Gasteiger partial charge in [0.25, 0.3) is 11.5 Å². The Balaban J connectivity index is 1.86. The lowest BCUT2D eigenvalue weighted by Gasteiger charge is -2.26. The molecule has 1 aromatic carbocycles. The lowest BCUT2D eigenvalue weighted by molar-refractivity contribution is 0.0246. The fourth-order valence-corrected chi connectivity index (χ4v) is 3.99. The minimum Gasteiger partial charge on any atom is -0.390 e. The molecule has 1 aliphatic carbocycles. The van der Waals surface area contributed by atoms with E-state index in [1.165, 1.54) is 18.2 Å². The SMILES string of the molecule is NCC(O)Cn1c(=O)cnn(-c2ccc(Cl)c(C(=O)NCC3(O)CCCCCC3)c2)c1=O. The molecule has 2 aromatic rings. The number of amides is 1. The van der Waals surface area contributed by atoms with Crippen LogP contribution < -0.4 is 22.3 Å². The third kappa shape index (κ3) is 5.63. The van der Waals surface area contributed by atoms with Crippen LogP contribution in [0.5, 0.6) is 0 Å². The zero-order valence-electron chi connectivity index (χ0n) is 17.7. The molecule has 32 heavy (non-hydrogen) atoms. The highest BCUT2D eigenvalue weighted by molar-refractivity contribution is 6.33. The second kappa shape index (κ2) is 10.4. The van der Waals surface area contributed by atoms with Crippen molar-refractivity contribution < 1.29 is 15.0 Å². The Morgan fingerprint density at radius 1 is 1.25 bits per heavy atom. The summed E-state index contributed by atoms with van der Waals surface area (Å²) in [7, 11) is 0. The first kappa shape index (κ1) is 24.1. The summed E-state index contributed by atoms with van der Waals surface area (Å²) in [5.74, 6) is -0.491. The lowest BCUT2D eigenvalue weighted by atomic mass is 9.94. The number of nitrogens with one attached hydrogen (secondary N) is 1. The van der Waals surface area contributed by atoms with E-state index in [1.54, 1.807) is 0 Å². The first-order valence-electron chi connectivity index (χ1n) is 10.6. The van der Waals surface area contributed by atoms with Crippen molar-refractivity contribution in [3.05, 3.63) is 55.8 Å². The van der Waals surface area contributed by atoms with Gasteiger partial charge in [0.2, 0.25) is 0 Å². The van der Waals surface area contributed by atoms with Crippen molar-refractivity contribution in [1.29, 1.82) is 0 Å². The highest BCUT2D eigenvalue weighted by atomic mass is 35.5. The van der Waals surface area contributed by atoms with Crippen LogP contribution in [0, 0.1) is 0 Å². The average molecular weight is 466 g/mol. The summed E-state index contributed by atoms with van der Waals surface area (Å²) in [6.07, 6.45) is 5.07. The predicted molar refractivity (Wildman–Crippen MR) is 119 cm³/mol. The maximum absolute atomic E-state index is 12.8. The van der Waals surface area contributed by atoms with Crippen molar-refractivity contribution >= 4 is 17.5 Å². The minimum atomic E-state index is -1.07. The summed E-state index contributed by atoms with van der Waals surface area (Å²) in [6, 6.07) is 4.32. The average Bonchev–Trinajstić information content (AvgIpc) is 3.00. The Hall–Kier alpha value is -2.53. The number of hydrogen-bond donors (Lipinski definition) is 4. The second-order valence-electron chi connectivity index (χ2n) is 8.16. The number of aliphatic hydroxyl groups excluding tert-OH is 1. The van der Waals surface area contributed by atoms with Crippen LogP contribution in [0.4, 0.5) is 0 Å². The van der Waals surface area contributed by atoms with E-state index in [-0.39, 0.29) is 35.9 Å². The number of aliphatic hydroxyl groups is 2. The summed E-state index contributed by atoms with van der Waals surface area (Å²) in [4.78, 5) is 37.6. The highest BCUT2D eigenvalue weighted by Gasteiger charge is 2.29. The molecule has 0 aliphatic heterocycles. The Morgan fingerprint density at radius 3 is 2.59 bits per heavy atom. The van der Waals surface area contributed by atoms with E-state index in [2.05, 4.69) is 10.4 Å². The van der Waals surface area contributed by atoms with E-state index < -0.39 is 28.9 Å². The summed E-state index contributed by atoms with van der Waals surface area (Å²) in [6.45, 7) is -0.297. The molecule has 1 aliphatic rings. The number of nitrogens with two attached hydrogens (primary N) is 1. The molecule has 1 saturated carbocycles. The number of carbonyl (C=O) groups is 1. The molecule has 11 heteroatoms. The van der Waals surface area contributed by atoms with Crippen LogP contribution >= 0.6 is 11.6 Å². The van der Waals surface area contributed by atoms with Gasteiger partial charge in [0.15, 0.2) is 0 Å². The third-order valence-corrected chi connectivity index (χ3v) is 6.01. The molecule has 0 radical (unpaired) electrons. The molecule has 1 fully saturated rings. The predicted octanol–water partition coefficient (Wildman–Crippen LogP) is 0.182. The topological polar surface area (TPSA) is 152 Å². The lowest BCUT2D eigenvalue weighted by Crippen LogP contribution is -2.44. The zero-order chi connectivity index (χ0) is 23.3. The van der Waals surface area contributed by atoms with Gasteiger partial charge in [-0.2, -0.15) is 9.78 Å². The first-order chi connectivity index (χ1) is 15.2. The third-order valence-electron chi connectivity index (χ3n) is 5.68. The molecule has 174 valence electrons. The zero-order valence-corrected chi connectivity index (χ0v) is 18.4. The molecule has 1 atom stereocenters. The van der Waals surface area contributed by atoms with Gasteiger partial charge in [-0.25, -0.2) is 4.79 Å². The van der Waals surface area contributed by atoms with Crippen molar-refractivity contribution in [3.8, 4) is 5.69 Å². The number of carbonyl (C=O) groups excluding carboxylic acids is 1. The smallest absolute Gasteiger partial charge is 0.352 e. The maximum atomic E-state index is 12.8. The van der Waals surface area contributed by atoms with Gasteiger partial charge in [-0.05, 0) is 31.0 Å². The minimum absolute atomic E-state index is 0.104. The highest BCUT2D eigenvalue weighted by Crippen LogP contribution is 2.26. The number of benzene rings is 1. The Bertz CT molecular complexity index is 1070. The monoisotopic (exact) mass is 465 g/mol. The van der Waals surface area contributed by atoms with Gasteiger partial charge in [-0.15, -0.1) is 0 Å². The van der Waals surface area contributed by atoms with E-state index in [9.17, 15) is 24.6 Å². The van der Waals surface area contributed by atoms with Crippen molar-refractivity contribution in [3.63, 3.8) is 0 Å². The molecule has 0 saturated heterocycles. The molecular weight excluding hydrogens is 438 g/mol.